The Morgan fingerprint density at radius 1 is 1.05 bits per heavy atom. The molecule has 0 saturated heterocycles. The quantitative estimate of drug-likeness (QED) is 0.552. The SMILES string of the molecule is CC([NH3+])C(O)c1ccc2c(c1)[nH]c1ccccc12.[Cl-]. The van der Waals surface area contributed by atoms with Gasteiger partial charge in [0.1, 0.15) is 12.1 Å². The Bertz CT molecular complexity index is 706. The van der Waals surface area contributed by atoms with Crippen LogP contribution in [0, 0.1) is 0 Å². The van der Waals surface area contributed by atoms with Crippen molar-refractivity contribution in [1.29, 1.82) is 0 Å². The maximum Gasteiger partial charge on any atom is 0.130 e. The zero-order valence-electron chi connectivity index (χ0n) is 10.7. The summed E-state index contributed by atoms with van der Waals surface area (Å²) in [6.45, 7) is 1.92. The molecule has 2 unspecified atom stereocenters. The van der Waals surface area contributed by atoms with Crippen LogP contribution in [-0.2, 0) is 0 Å². The number of aromatic nitrogens is 1. The van der Waals surface area contributed by atoms with E-state index in [1.165, 1.54) is 10.8 Å². The molecule has 0 bridgehead atoms. The van der Waals surface area contributed by atoms with Crippen molar-refractivity contribution in [2.45, 2.75) is 19.1 Å². The molecular formula is C15H17ClN2O. The van der Waals surface area contributed by atoms with Crippen LogP contribution in [0.25, 0.3) is 21.8 Å². The van der Waals surface area contributed by atoms with Crippen molar-refractivity contribution >= 4 is 21.8 Å². The Morgan fingerprint density at radius 2 is 1.74 bits per heavy atom. The van der Waals surface area contributed by atoms with Crippen LogP contribution >= 0.6 is 0 Å². The Kier molecular flexibility index (Phi) is 3.80. The number of hydrogen-bond donors (Lipinski definition) is 3. The molecule has 0 fully saturated rings. The molecule has 4 heteroatoms. The fraction of sp³-hybridized carbons (Fsp3) is 0.200. The van der Waals surface area contributed by atoms with Gasteiger partial charge in [0.25, 0.3) is 0 Å². The van der Waals surface area contributed by atoms with Crippen LogP contribution in [-0.4, -0.2) is 16.1 Å². The van der Waals surface area contributed by atoms with Gasteiger partial charge in [0, 0.05) is 21.8 Å². The molecule has 5 N–H and O–H groups in total. The molecule has 0 radical (unpaired) electrons. The summed E-state index contributed by atoms with van der Waals surface area (Å²) >= 11 is 0. The molecule has 100 valence electrons. The zero-order valence-corrected chi connectivity index (χ0v) is 11.5. The minimum Gasteiger partial charge on any atom is -1.00 e. The lowest BCUT2D eigenvalue weighted by atomic mass is 10.0. The van der Waals surface area contributed by atoms with Gasteiger partial charge in [-0.25, -0.2) is 0 Å². The van der Waals surface area contributed by atoms with Crippen LogP contribution in [0.2, 0.25) is 0 Å². The molecule has 0 saturated carbocycles. The summed E-state index contributed by atoms with van der Waals surface area (Å²) in [5, 5.41) is 12.5. The van der Waals surface area contributed by atoms with Gasteiger partial charge in [-0.3, -0.25) is 0 Å². The molecule has 0 amide bonds. The lowest BCUT2D eigenvalue weighted by Crippen LogP contribution is -3.00. The van der Waals surface area contributed by atoms with Crippen molar-refractivity contribution in [2.75, 3.05) is 0 Å². The van der Waals surface area contributed by atoms with Crippen molar-refractivity contribution in [1.82, 2.24) is 4.98 Å². The molecule has 19 heavy (non-hydrogen) atoms. The van der Waals surface area contributed by atoms with E-state index >= 15 is 0 Å². The van der Waals surface area contributed by atoms with E-state index in [9.17, 15) is 5.11 Å². The smallest absolute Gasteiger partial charge is 0.130 e. The minimum absolute atomic E-state index is 0. The minimum atomic E-state index is -0.513. The largest absolute Gasteiger partial charge is 1.00 e. The maximum atomic E-state index is 10.1. The first-order chi connectivity index (χ1) is 8.66. The molecule has 2 aromatic carbocycles. The number of nitrogens with one attached hydrogen (secondary N) is 1. The molecule has 0 aliphatic heterocycles. The fourth-order valence-electron chi connectivity index (χ4n) is 2.38. The second kappa shape index (κ2) is 5.21. The van der Waals surface area contributed by atoms with E-state index < -0.39 is 6.10 Å². The van der Waals surface area contributed by atoms with Gasteiger partial charge < -0.3 is 28.2 Å². The highest BCUT2D eigenvalue weighted by Gasteiger charge is 2.16. The molecular weight excluding hydrogens is 260 g/mol. The molecule has 0 spiro atoms. The normalized spacial score (nSPS) is 14.3. The van der Waals surface area contributed by atoms with Crippen LogP contribution in [0.1, 0.15) is 18.6 Å². The number of para-hydroxylation sites is 1. The Labute approximate surface area is 117 Å². The standard InChI is InChI=1S/C15H16N2O.ClH/c1-9(16)15(18)10-6-7-12-11-4-2-3-5-13(11)17-14(12)8-10;/h2-9,15,17-18H,16H2,1H3;1H. The van der Waals surface area contributed by atoms with E-state index in [0.717, 1.165) is 16.6 Å². The fourth-order valence-corrected chi connectivity index (χ4v) is 2.38. The average molecular weight is 277 g/mol. The second-order valence-corrected chi connectivity index (χ2v) is 4.90. The van der Waals surface area contributed by atoms with E-state index in [-0.39, 0.29) is 18.4 Å². The van der Waals surface area contributed by atoms with Gasteiger partial charge in [-0.05, 0) is 24.6 Å². The number of aliphatic hydroxyl groups is 1. The average Bonchev–Trinajstić information content (AvgIpc) is 2.75. The van der Waals surface area contributed by atoms with E-state index in [1.807, 2.05) is 31.2 Å². The summed E-state index contributed by atoms with van der Waals surface area (Å²) in [5.41, 5.74) is 6.98. The number of aromatic amines is 1. The molecule has 3 aromatic rings. The van der Waals surface area contributed by atoms with E-state index in [1.54, 1.807) is 0 Å². The van der Waals surface area contributed by atoms with Crippen molar-refractivity contribution in [2.24, 2.45) is 0 Å². The first-order valence-corrected chi connectivity index (χ1v) is 6.18. The Hall–Kier alpha value is -1.55. The summed E-state index contributed by atoms with van der Waals surface area (Å²) in [6.07, 6.45) is -0.513. The van der Waals surface area contributed by atoms with Crippen molar-refractivity contribution in [3.8, 4) is 0 Å². The van der Waals surface area contributed by atoms with Gasteiger partial charge in [-0.15, -0.1) is 0 Å². The highest BCUT2D eigenvalue weighted by atomic mass is 35.5. The third-order valence-electron chi connectivity index (χ3n) is 3.41. The molecule has 2 atom stereocenters. The summed E-state index contributed by atoms with van der Waals surface area (Å²) in [7, 11) is 0. The number of hydrogen-bond acceptors (Lipinski definition) is 1. The van der Waals surface area contributed by atoms with E-state index in [2.05, 4.69) is 28.9 Å². The number of H-pyrrole nitrogens is 1. The van der Waals surface area contributed by atoms with Crippen molar-refractivity contribution in [3.05, 3.63) is 48.0 Å². The van der Waals surface area contributed by atoms with Gasteiger partial charge in [0.2, 0.25) is 0 Å². The van der Waals surface area contributed by atoms with Gasteiger partial charge in [-0.2, -0.15) is 0 Å². The summed E-state index contributed by atoms with van der Waals surface area (Å²) in [5.74, 6) is 0. The Balaban J connectivity index is 0.00000133. The van der Waals surface area contributed by atoms with Gasteiger partial charge in [0.15, 0.2) is 0 Å². The molecule has 1 heterocycles. The first-order valence-electron chi connectivity index (χ1n) is 6.18. The monoisotopic (exact) mass is 276 g/mol. The van der Waals surface area contributed by atoms with Crippen LogP contribution < -0.4 is 18.1 Å². The molecule has 0 aliphatic rings. The topological polar surface area (TPSA) is 63.7 Å². The van der Waals surface area contributed by atoms with E-state index in [0.29, 0.717) is 0 Å². The zero-order chi connectivity index (χ0) is 12.7. The van der Waals surface area contributed by atoms with Crippen molar-refractivity contribution in [3.63, 3.8) is 0 Å². The maximum absolute atomic E-state index is 10.1. The number of halogens is 1. The number of aliphatic hydroxyl groups excluding tert-OH is 1. The number of rotatable bonds is 2. The van der Waals surface area contributed by atoms with Gasteiger partial charge >= 0.3 is 0 Å². The van der Waals surface area contributed by atoms with Crippen LogP contribution in [0.3, 0.4) is 0 Å². The predicted octanol–water partition coefficient (Wildman–Crippen LogP) is -1.01. The molecule has 3 nitrogen and oxygen atoms in total. The first kappa shape index (κ1) is 13.9. The van der Waals surface area contributed by atoms with Crippen LogP contribution in [0.15, 0.2) is 42.5 Å². The van der Waals surface area contributed by atoms with E-state index in [4.69, 9.17) is 0 Å². The predicted molar refractivity (Wildman–Crippen MR) is 73.1 cm³/mol. The Morgan fingerprint density at radius 3 is 2.47 bits per heavy atom. The number of benzene rings is 2. The second-order valence-electron chi connectivity index (χ2n) is 4.90. The number of quaternary nitrogens is 1. The lowest BCUT2D eigenvalue weighted by Gasteiger charge is -2.11. The highest BCUT2D eigenvalue weighted by molar-refractivity contribution is 6.07. The highest BCUT2D eigenvalue weighted by Crippen LogP contribution is 2.27. The third kappa shape index (κ3) is 2.32. The molecule has 3 rings (SSSR count). The summed E-state index contributed by atoms with van der Waals surface area (Å²) in [6, 6.07) is 14.3. The summed E-state index contributed by atoms with van der Waals surface area (Å²) in [4.78, 5) is 3.38. The number of fused-ring (bicyclic) bond motifs is 3. The van der Waals surface area contributed by atoms with Gasteiger partial charge in [0.05, 0.1) is 0 Å². The lowest BCUT2D eigenvalue weighted by molar-refractivity contribution is -0.433. The van der Waals surface area contributed by atoms with Crippen LogP contribution in [0.4, 0.5) is 0 Å². The molecule has 0 aliphatic carbocycles. The van der Waals surface area contributed by atoms with Gasteiger partial charge in [-0.1, -0.05) is 30.3 Å². The molecule has 1 aromatic heterocycles. The van der Waals surface area contributed by atoms with Crippen molar-refractivity contribution < 1.29 is 23.2 Å². The summed E-state index contributed by atoms with van der Waals surface area (Å²) < 4.78 is 0. The van der Waals surface area contributed by atoms with Crippen LogP contribution in [0.5, 0.6) is 0 Å². The third-order valence-corrected chi connectivity index (χ3v) is 3.41.